The van der Waals surface area contributed by atoms with Gasteiger partial charge in [0, 0.05) is 39.3 Å². The van der Waals surface area contributed by atoms with Gasteiger partial charge in [-0.3, -0.25) is 4.90 Å². The molecule has 0 aromatic rings. The zero-order chi connectivity index (χ0) is 11.5. The third-order valence-electron chi connectivity index (χ3n) is 2.45. The molecule has 0 aromatic carbocycles. The Labute approximate surface area is 95.8 Å². The average Bonchev–Trinajstić information content (AvgIpc) is 2.23. The van der Waals surface area contributed by atoms with Gasteiger partial charge in [0.1, 0.15) is 0 Å². The molecular weight excluding hydrogens is 186 g/mol. The van der Waals surface area contributed by atoms with E-state index in [1.807, 2.05) is 0 Å². The standard InChI is InChI=1S/C9H21N3.C3H8/c1-3-10-4-5-12-8-6-11(2)7-9-12;1-3-2/h10H,3-9H2,1-2H3;3H2,1-2H3. The van der Waals surface area contributed by atoms with E-state index in [1.165, 1.54) is 39.1 Å². The third-order valence-corrected chi connectivity index (χ3v) is 2.45. The molecule has 1 aliphatic heterocycles. The van der Waals surface area contributed by atoms with Crippen molar-refractivity contribution < 1.29 is 0 Å². The molecular formula is C12H29N3. The molecule has 92 valence electrons. The molecule has 0 unspecified atom stereocenters. The van der Waals surface area contributed by atoms with Gasteiger partial charge in [-0.2, -0.15) is 0 Å². The van der Waals surface area contributed by atoms with E-state index in [2.05, 4.69) is 42.9 Å². The summed E-state index contributed by atoms with van der Waals surface area (Å²) in [4.78, 5) is 4.92. The molecule has 1 fully saturated rings. The van der Waals surface area contributed by atoms with E-state index in [9.17, 15) is 0 Å². The van der Waals surface area contributed by atoms with E-state index in [0.717, 1.165) is 13.1 Å². The van der Waals surface area contributed by atoms with Gasteiger partial charge in [-0.15, -0.1) is 0 Å². The lowest BCUT2D eigenvalue weighted by Gasteiger charge is -2.32. The van der Waals surface area contributed by atoms with Crippen LogP contribution in [0.5, 0.6) is 0 Å². The van der Waals surface area contributed by atoms with Crippen LogP contribution in [0.4, 0.5) is 0 Å². The molecule has 0 bridgehead atoms. The number of hydrogen-bond donors (Lipinski definition) is 1. The molecule has 1 rings (SSSR count). The van der Waals surface area contributed by atoms with Crippen LogP contribution in [-0.4, -0.2) is 62.7 Å². The molecule has 1 N–H and O–H groups in total. The van der Waals surface area contributed by atoms with Crippen LogP contribution in [-0.2, 0) is 0 Å². The van der Waals surface area contributed by atoms with E-state index < -0.39 is 0 Å². The Bertz CT molecular complexity index is 120. The molecule has 1 aliphatic rings. The molecule has 0 atom stereocenters. The molecule has 1 saturated heterocycles. The lowest BCUT2D eigenvalue weighted by atomic mass is 10.3. The van der Waals surface area contributed by atoms with E-state index in [4.69, 9.17) is 0 Å². The van der Waals surface area contributed by atoms with Crippen molar-refractivity contribution in [2.75, 3.05) is 52.9 Å². The van der Waals surface area contributed by atoms with E-state index >= 15 is 0 Å². The first-order chi connectivity index (χ1) is 7.24. The normalized spacial score (nSPS) is 18.4. The van der Waals surface area contributed by atoms with Crippen LogP contribution in [0.1, 0.15) is 27.2 Å². The van der Waals surface area contributed by atoms with Crippen LogP contribution in [0, 0.1) is 0 Å². The van der Waals surface area contributed by atoms with Crippen molar-refractivity contribution in [2.45, 2.75) is 27.2 Å². The Hall–Kier alpha value is -0.120. The van der Waals surface area contributed by atoms with Crippen molar-refractivity contribution in [1.82, 2.24) is 15.1 Å². The second kappa shape index (κ2) is 10.4. The highest BCUT2D eigenvalue weighted by Gasteiger charge is 2.12. The second-order valence-electron chi connectivity index (χ2n) is 4.21. The van der Waals surface area contributed by atoms with Crippen molar-refractivity contribution in [1.29, 1.82) is 0 Å². The Morgan fingerprint density at radius 1 is 1.00 bits per heavy atom. The highest BCUT2D eigenvalue weighted by Crippen LogP contribution is 1.97. The highest BCUT2D eigenvalue weighted by molar-refractivity contribution is 4.69. The number of rotatable bonds is 4. The summed E-state index contributed by atoms with van der Waals surface area (Å²) >= 11 is 0. The maximum absolute atomic E-state index is 3.35. The summed E-state index contributed by atoms with van der Waals surface area (Å²) in [7, 11) is 2.20. The summed E-state index contributed by atoms with van der Waals surface area (Å²) in [5.74, 6) is 0. The summed E-state index contributed by atoms with van der Waals surface area (Å²) in [6.45, 7) is 14.8. The predicted octanol–water partition coefficient (Wildman–Crippen LogP) is 1.26. The Balaban J connectivity index is 0.000000583. The van der Waals surface area contributed by atoms with E-state index in [1.54, 1.807) is 0 Å². The molecule has 0 saturated carbocycles. The second-order valence-corrected chi connectivity index (χ2v) is 4.21. The van der Waals surface area contributed by atoms with Crippen LogP contribution < -0.4 is 5.32 Å². The van der Waals surface area contributed by atoms with Gasteiger partial charge < -0.3 is 10.2 Å². The molecule has 0 aliphatic carbocycles. The molecule has 0 spiro atoms. The fourth-order valence-corrected chi connectivity index (χ4v) is 1.49. The number of likely N-dealkylation sites (N-methyl/N-ethyl adjacent to an activating group) is 2. The minimum absolute atomic E-state index is 1.09. The Morgan fingerprint density at radius 3 is 2.00 bits per heavy atom. The van der Waals surface area contributed by atoms with Gasteiger partial charge in [0.05, 0.1) is 0 Å². The average molecular weight is 215 g/mol. The van der Waals surface area contributed by atoms with Gasteiger partial charge in [0.2, 0.25) is 0 Å². The minimum Gasteiger partial charge on any atom is -0.316 e. The molecule has 0 radical (unpaired) electrons. The molecule has 0 amide bonds. The topological polar surface area (TPSA) is 18.5 Å². The zero-order valence-electron chi connectivity index (χ0n) is 11.1. The summed E-state index contributed by atoms with van der Waals surface area (Å²) in [5, 5.41) is 3.35. The molecule has 15 heavy (non-hydrogen) atoms. The monoisotopic (exact) mass is 215 g/mol. The Kier molecular flexibility index (Phi) is 10.3. The highest BCUT2D eigenvalue weighted by atomic mass is 15.2. The zero-order valence-corrected chi connectivity index (χ0v) is 11.1. The van der Waals surface area contributed by atoms with Crippen molar-refractivity contribution in [3.05, 3.63) is 0 Å². The van der Waals surface area contributed by atoms with Gasteiger partial charge in [-0.1, -0.05) is 27.2 Å². The molecule has 1 heterocycles. The quantitative estimate of drug-likeness (QED) is 0.712. The van der Waals surface area contributed by atoms with Crippen LogP contribution in [0.15, 0.2) is 0 Å². The summed E-state index contributed by atoms with van der Waals surface area (Å²) in [6.07, 6.45) is 1.25. The van der Waals surface area contributed by atoms with Crippen LogP contribution in [0.3, 0.4) is 0 Å². The first-order valence-corrected chi connectivity index (χ1v) is 6.36. The van der Waals surface area contributed by atoms with Gasteiger partial charge in [0.15, 0.2) is 0 Å². The third kappa shape index (κ3) is 8.85. The lowest BCUT2D eigenvalue weighted by molar-refractivity contribution is 0.155. The molecule has 3 nitrogen and oxygen atoms in total. The van der Waals surface area contributed by atoms with Gasteiger partial charge in [-0.25, -0.2) is 0 Å². The smallest absolute Gasteiger partial charge is 0.0110 e. The molecule has 3 heteroatoms. The first kappa shape index (κ1) is 14.9. The summed E-state index contributed by atoms with van der Waals surface area (Å²) < 4.78 is 0. The Morgan fingerprint density at radius 2 is 1.53 bits per heavy atom. The van der Waals surface area contributed by atoms with Crippen LogP contribution >= 0.6 is 0 Å². The SMILES string of the molecule is CCC.CCNCCN1CCN(C)CC1. The van der Waals surface area contributed by atoms with Crippen LogP contribution in [0.2, 0.25) is 0 Å². The van der Waals surface area contributed by atoms with Crippen LogP contribution in [0.25, 0.3) is 0 Å². The predicted molar refractivity (Wildman–Crippen MR) is 68.4 cm³/mol. The van der Waals surface area contributed by atoms with Crippen molar-refractivity contribution in [2.24, 2.45) is 0 Å². The number of piperazine rings is 1. The maximum Gasteiger partial charge on any atom is 0.0110 e. The summed E-state index contributed by atoms with van der Waals surface area (Å²) in [6, 6.07) is 0. The van der Waals surface area contributed by atoms with E-state index in [0.29, 0.717) is 0 Å². The molecule has 0 aromatic heterocycles. The van der Waals surface area contributed by atoms with Gasteiger partial charge in [0.25, 0.3) is 0 Å². The van der Waals surface area contributed by atoms with Crippen molar-refractivity contribution in [3.63, 3.8) is 0 Å². The number of nitrogens with zero attached hydrogens (tertiary/aromatic N) is 2. The van der Waals surface area contributed by atoms with Crippen molar-refractivity contribution >= 4 is 0 Å². The summed E-state index contributed by atoms with van der Waals surface area (Å²) in [5.41, 5.74) is 0. The van der Waals surface area contributed by atoms with Crippen molar-refractivity contribution in [3.8, 4) is 0 Å². The minimum atomic E-state index is 1.09. The first-order valence-electron chi connectivity index (χ1n) is 6.36. The maximum atomic E-state index is 3.35. The number of hydrogen-bond acceptors (Lipinski definition) is 3. The fraction of sp³-hybridized carbons (Fsp3) is 1.00. The fourth-order valence-electron chi connectivity index (χ4n) is 1.49. The van der Waals surface area contributed by atoms with E-state index in [-0.39, 0.29) is 0 Å². The number of nitrogens with one attached hydrogen (secondary N) is 1. The largest absolute Gasteiger partial charge is 0.316 e. The van der Waals surface area contributed by atoms with Gasteiger partial charge >= 0.3 is 0 Å². The van der Waals surface area contributed by atoms with Gasteiger partial charge in [-0.05, 0) is 13.6 Å². The lowest BCUT2D eigenvalue weighted by Crippen LogP contribution is -2.46.